The van der Waals surface area contributed by atoms with Crippen LogP contribution in [0.25, 0.3) is 10.9 Å². The lowest BCUT2D eigenvalue weighted by Crippen LogP contribution is -2.11. The van der Waals surface area contributed by atoms with Crippen molar-refractivity contribution in [2.24, 2.45) is 0 Å². The zero-order chi connectivity index (χ0) is 9.42. The zero-order valence-electron chi connectivity index (χ0n) is 6.41. The van der Waals surface area contributed by atoms with Gasteiger partial charge in [0.25, 0.3) is 5.56 Å². The number of halogens is 1. The lowest BCUT2D eigenvalue weighted by atomic mass is 10.3. The van der Waals surface area contributed by atoms with Crippen LogP contribution in [-0.4, -0.2) is 15.0 Å². The second kappa shape index (κ2) is 2.70. The Morgan fingerprint density at radius 2 is 2.31 bits per heavy atom. The van der Waals surface area contributed by atoms with Gasteiger partial charge in [0.15, 0.2) is 0 Å². The maximum Gasteiger partial charge on any atom is 0.263 e. The molecule has 0 unspecified atom stereocenters. The first kappa shape index (κ1) is 8.00. The van der Waals surface area contributed by atoms with Gasteiger partial charge in [-0.1, -0.05) is 11.6 Å². The van der Waals surface area contributed by atoms with Gasteiger partial charge in [0, 0.05) is 6.20 Å². The molecule has 0 saturated carbocycles. The van der Waals surface area contributed by atoms with Gasteiger partial charge in [0.2, 0.25) is 5.95 Å². The molecule has 0 aromatic carbocycles. The summed E-state index contributed by atoms with van der Waals surface area (Å²) in [7, 11) is 0. The Labute approximate surface area is 77.6 Å². The molecule has 2 aromatic rings. The lowest BCUT2D eigenvalue weighted by Gasteiger charge is -1.98. The fraction of sp³-hybridized carbons (Fsp3) is 0. The van der Waals surface area contributed by atoms with E-state index < -0.39 is 0 Å². The Hall–Kier alpha value is -1.62. The van der Waals surface area contributed by atoms with Crippen molar-refractivity contribution in [1.29, 1.82) is 0 Å². The topological polar surface area (TPSA) is 84.7 Å². The maximum atomic E-state index is 11.3. The fourth-order valence-corrected chi connectivity index (χ4v) is 1.31. The van der Waals surface area contributed by atoms with Crippen LogP contribution in [-0.2, 0) is 0 Å². The van der Waals surface area contributed by atoms with Crippen LogP contribution in [0.5, 0.6) is 0 Å². The lowest BCUT2D eigenvalue weighted by molar-refractivity contribution is 1.18. The number of nitrogens with one attached hydrogen (secondary N) is 1. The number of aromatic nitrogens is 3. The molecule has 0 atom stereocenters. The van der Waals surface area contributed by atoms with E-state index in [1.807, 2.05) is 0 Å². The van der Waals surface area contributed by atoms with Crippen molar-refractivity contribution in [3.63, 3.8) is 0 Å². The Morgan fingerprint density at radius 1 is 1.54 bits per heavy atom. The molecule has 0 aliphatic carbocycles. The molecule has 0 spiro atoms. The fourth-order valence-electron chi connectivity index (χ4n) is 1.07. The van der Waals surface area contributed by atoms with Crippen LogP contribution >= 0.6 is 11.6 Å². The highest BCUT2D eigenvalue weighted by Gasteiger charge is 2.05. The molecule has 2 heterocycles. The first-order valence-electron chi connectivity index (χ1n) is 3.48. The molecule has 2 aromatic heterocycles. The van der Waals surface area contributed by atoms with Crippen molar-refractivity contribution in [3.05, 3.63) is 27.8 Å². The minimum Gasteiger partial charge on any atom is -0.369 e. The second-order valence-corrected chi connectivity index (χ2v) is 2.81. The predicted octanol–water partition coefficient (Wildman–Crippen LogP) is 0.554. The van der Waals surface area contributed by atoms with E-state index in [4.69, 9.17) is 17.3 Å². The maximum absolute atomic E-state index is 11.3. The van der Waals surface area contributed by atoms with E-state index in [9.17, 15) is 4.79 Å². The van der Waals surface area contributed by atoms with Crippen LogP contribution in [0.3, 0.4) is 0 Å². The highest BCUT2D eigenvalue weighted by molar-refractivity contribution is 6.33. The Kier molecular flexibility index (Phi) is 1.66. The van der Waals surface area contributed by atoms with Crippen molar-refractivity contribution in [3.8, 4) is 0 Å². The average molecular weight is 197 g/mol. The molecule has 0 saturated heterocycles. The number of nitrogens with two attached hydrogens (primary N) is 1. The average Bonchev–Trinajstić information content (AvgIpc) is 2.02. The molecule has 0 bridgehead atoms. The van der Waals surface area contributed by atoms with E-state index in [2.05, 4.69) is 15.0 Å². The molecule has 0 radical (unpaired) electrons. The van der Waals surface area contributed by atoms with Crippen LogP contribution in [0.1, 0.15) is 0 Å². The number of hydrogen-bond acceptors (Lipinski definition) is 4. The molecular weight excluding hydrogens is 192 g/mol. The highest BCUT2D eigenvalue weighted by Crippen LogP contribution is 2.14. The summed E-state index contributed by atoms with van der Waals surface area (Å²) < 4.78 is 0. The number of anilines is 1. The SMILES string of the molecule is Nc1nc2ccnc(Cl)c2c(=O)[nH]1. The van der Waals surface area contributed by atoms with E-state index in [1.54, 1.807) is 6.07 Å². The van der Waals surface area contributed by atoms with Gasteiger partial charge < -0.3 is 5.73 Å². The first-order chi connectivity index (χ1) is 6.18. The van der Waals surface area contributed by atoms with Crippen LogP contribution in [0.15, 0.2) is 17.1 Å². The van der Waals surface area contributed by atoms with Gasteiger partial charge in [0.05, 0.1) is 5.52 Å². The summed E-state index contributed by atoms with van der Waals surface area (Å²) in [6.07, 6.45) is 1.47. The molecule has 6 heteroatoms. The van der Waals surface area contributed by atoms with Gasteiger partial charge >= 0.3 is 0 Å². The largest absolute Gasteiger partial charge is 0.369 e. The monoisotopic (exact) mass is 196 g/mol. The first-order valence-corrected chi connectivity index (χ1v) is 3.86. The van der Waals surface area contributed by atoms with Crippen molar-refractivity contribution in [2.75, 3.05) is 5.73 Å². The van der Waals surface area contributed by atoms with Crippen molar-refractivity contribution in [1.82, 2.24) is 15.0 Å². The van der Waals surface area contributed by atoms with Crippen molar-refractivity contribution in [2.45, 2.75) is 0 Å². The standard InChI is InChI=1S/C7H5ClN4O/c8-5-4-3(1-2-10-5)11-7(9)12-6(4)13/h1-2H,(H3,9,11,12,13). The summed E-state index contributed by atoms with van der Waals surface area (Å²) in [6.45, 7) is 0. The summed E-state index contributed by atoms with van der Waals surface area (Å²) in [5.41, 5.74) is 5.42. The highest BCUT2D eigenvalue weighted by atomic mass is 35.5. The molecule has 0 aliphatic rings. The third-order valence-electron chi connectivity index (χ3n) is 1.59. The molecule has 13 heavy (non-hydrogen) atoms. The predicted molar refractivity (Wildman–Crippen MR) is 49.6 cm³/mol. The molecule has 5 nitrogen and oxygen atoms in total. The molecular formula is C7H5ClN4O. The molecule has 0 amide bonds. The molecule has 0 aliphatic heterocycles. The van der Waals surface area contributed by atoms with Crippen LogP contribution in [0.4, 0.5) is 5.95 Å². The van der Waals surface area contributed by atoms with Crippen molar-refractivity contribution >= 4 is 28.5 Å². The number of rotatable bonds is 0. The quantitative estimate of drug-likeness (QED) is 0.603. The normalized spacial score (nSPS) is 10.5. The number of hydrogen-bond donors (Lipinski definition) is 2. The summed E-state index contributed by atoms with van der Waals surface area (Å²) in [4.78, 5) is 21.3. The van der Waals surface area contributed by atoms with Gasteiger partial charge in [-0.25, -0.2) is 9.97 Å². The number of pyridine rings is 1. The minimum absolute atomic E-state index is 0.0692. The second-order valence-electron chi connectivity index (χ2n) is 2.45. The smallest absolute Gasteiger partial charge is 0.263 e. The van der Waals surface area contributed by atoms with Gasteiger partial charge in [0.1, 0.15) is 10.5 Å². The molecule has 0 fully saturated rings. The van der Waals surface area contributed by atoms with E-state index in [-0.39, 0.29) is 22.0 Å². The van der Waals surface area contributed by atoms with Crippen molar-refractivity contribution < 1.29 is 0 Å². The van der Waals surface area contributed by atoms with Gasteiger partial charge in [-0.2, -0.15) is 0 Å². The van der Waals surface area contributed by atoms with E-state index in [1.165, 1.54) is 6.20 Å². The molecule has 66 valence electrons. The number of aromatic amines is 1. The molecule has 3 N–H and O–H groups in total. The van der Waals surface area contributed by atoms with Gasteiger partial charge in [-0.15, -0.1) is 0 Å². The molecule has 2 rings (SSSR count). The summed E-state index contributed by atoms with van der Waals surface area (Å²) in [6, 6.07) is 1.58. The summed E-state index contributed by atoms with van der Waals surface area (Å²) in [5.74, 6) is 0.0692. The number of fused-ring (bicyclic) bond motifs is 1. The Balaban J connectivity index is 3.03. The van der Waals surface area contributed by atoms with Gasteiger partial charge in [-0.05, 0) is 6.07 Å². The van der Waals surface area contributed by atoms with E-state index >= 15 is 0 Å². The van der Waals surface area contributed by atoms with Gasteiger partial charge in [-0.3, -0.25) is 9.78 Å². The van der Waals surface area contributed by atoms with Crippen LogP contribution < -0.4 is 11.3 Å². The van der Waals surface area contributed by atoms with Crippen LogP contribution in [0.2, 0.25) is 5.15 Å². The van der Waals surface area contributed by atoms with E-state index in [0.717, 1.165) is 0 Å². The number of nitrogens with zero attached hydrogens (tertiary/aromatic N) is 2. The third-order valence-corrected chi connectivity index (χ3v) is 1.88. The summed E-state index contributed by atoms with van der Waals surface area (Å²) >= 11 is 5.70. The van der Waals surface area contributed by atoms with E-state index in [0.29, 0.717) is 5.52 Å². The Bertz CT molecular complexity index is 521. The Morgan fingerprint density at radius 3 is 3.08 bits per heavy atom. The zero-order valence-corrected chi connectivity index (χ0v) is 7.17. The summed E-state index contributed by atoms with van der Waals surface area (Å²) in [5, 5.41) is 0.393. The minimum atomic E-state index is -0.374. The third kappa shape index (κ3) is 1.23. The number of H-pyrrole nitrogens is 1. The number of nitrogen functional groups attached to an aromatic ring is 1. The van der Waals surface area contributed by atoms with Crippen LogP contribution in [0, 0.1) is 0 Å².